The molecule has 0 heterocycles. The maximum absolute atomic E-state index is 12.0. The Morgan fingerprint density at radius 2 is 1.67 bits per heavy atom. The van der Waals surface area contributed by atoms with Gasteiger partial charge < -0.3 is 10.4 Å². The van der Waals surface area contributed by atoms with Crippen LogP contribution in [-0.4, -0.2) is 11.0 Å². The molecule has 0 aliphatic carbocycles. The van der Waals surface area contributed by atoms with Gasteiger partial charge in [-0.1, -0.05) is 35.9 Å². The number of para-hydroxylation sites is 1. The highest BCUT2D eigenvalue weighted by Crippen LogP contribution is 2.26. The predicted molar refractivity (Wildman–Crippen MR) is 85.3 cm³/mol. The molecule has 3 nitrogen and oxygen atoms in total. The van der Waals surface area contributed by atoms with E-state index in [1.807, 2.05) is 63.2 Å². The lowest BCUT2D eigenvalue weighted by Gasteiger charge is -2.17. The van der Waals surface area contributed by atoms with Gasteiger partial charge in [-0.2, -0.15) is 0 Å². The maximum Gasteiger partial charge on any atom is 0.227 e. The summed E-state index contributed by atoms with van der Waals surface area (Å²) in [6.45, 7) is 5.96. The normalized spacial score (nSPS) is 12.0. The highest BCUT2D eigenvalue weighted by Gasteiger charge is 2.17. The first-order chi connectivity index (χ1) is 9.97. The summed E-state index contributed by atoms with van der Waals surface area (Å²) in [5, 5.41) is 13.2. The largest absolute Gasteiger partial charge is 0.388 e. The van der Waals surface area contributed by atoms with E-state index in [0.29, 0.717) is 0 Å². The van der Waals surface area contributed by atoms with Crippen LogP contribution in [0.4, 0.5) is 5.69 Å². The van der Waals surface area contributed by atoms with Crippen LogP contribution >= 0.6 is 0 Å². The average molecular weight is 283 g/mol. The third kappa shape index (κ3) is 3.92. The van der Waals surface area contributed by atoms with Crippen LogP contribution in [0.3, 0.4) is 0 Å². The monoisotopic (exact) mass is 283 g/mol. The van der Waals surface area contributed by atoms with E-state index in [0.717, 1.165) is 27.9 Å². The second kappa shape index (κ2) is 6.55. The molecule has 110 valence electrons. The molecule has 1 atom stereocenters. The summed E-state index contributed by atoms with van der Waals surface area (Å²) in [7, 11) is 0. The van der Waals surface area contributed by atoms with Crippen LogP contribution in [-0.2, 0) is 4.79 Å². The Bertz CT molecular complexity index is 612. The molecule has 0 aromatic heterocycles. The first-order valence-corrected chi connectivity index (χ1v) is 7.08. The molecular weight excluding hydrogens is 262 g/mol. The number of aryl methyl sites for hydroxylation is 3. The molecule has 21 heavy (non-hydrogen) atoms. The van der Waals surface area contributed by atoms with Crippen molar-refractivity contribution in [3.63, 3.8) is 0 Å². The number of nitrogens with one attached hydrogen (secondary N) is 1. The molecule has 0 aliphatic heterocycles. The number of aliphatic hydroxyl groups excluding tert-OH is 1. The van der Waals surface area contributed by atoms with E-state index in [-0.39, 0.29) is 12.3 Å². The highest BCUT2D eigenvalue weighted by molar-refractivity contribution is 5.91. The molecule has 2 aromatic rings. The number of carbonyl (C=O) groups is 1. The Labute approximate surface area is 125 Å². The molecule has 0 radical (unpaired) electrons. The van der Waals surface area contributed by atoms with Gasteiger partial charge >= 0.3 is 0 Å². The number of amides is 1. The molecule has 2 rings (SSSR count). The van der Waals surface area contributed by atoms with Gasteiger partial charge in [-0.05, 0) is 49.6 Å². The first kappa shape index (κ1) is 15.3. The maximum atomic E-state index is 12.0. The highest BCUT2D eigenvalue weighted by atomic mass is 16.3. The lowest BCUT2D eigenvalue weighted by molar-refractivity contribution is -0.118. The van der Waals surface area contributed by atoms with Crippen molar-refractivity contribution in [3.8, 4) is 0 Å². The Hall–Kier alpha value is -2.13. The van der Waals surface area contributed by atoms with Crippen LogP contribution in [0.2, 0.25) is 0 Å². The summed E-state index contributed by atoms with van der Waals surface area (Å²) < 4.78 is 0. The number of carbonyl (C=O) groups excluding carboxylic acids is 1. The summed E-state index contributed by atoms with van der Waals surface area (Å²) in [6.07, 6.45) is -0.728. The lowest BCUT2D eigenvalue weighted by Crippen LogP contribution is -2.16. The molecule has 0 aliphatic rings. The molecule has 0 spiro atoms. The van der Waals surface area contributed by atoms with Crippen molar-refractivity contribution in [1.29, 1.82) is 0 Å². The molecule has 0 fully saturated rings. The topological polar surface area (TPSA) is 49.3 Å². The average Bonchev–Trinajstić information content (AvgIpc) is 2.38. The van der Waals surface area contributed by atoms with Gasteiger partial charge in [-0.3, -0.25) is 4.79 Å². The lowest BCUT2D eigenvalue weighted by atomic mass is 9.94. The van der Waals surface area contributed by atoms with E-state index in [9.17, 15) is 9.90 Å². The number of rotatable bonds is 4. The van der Waals surface area contributed by atoms with E-state index in [2.05, 4.69) is 5.32 Å². The molecule has 0 bridgehead atoms. The van der Waals surface area contributed by atoms with Crippen molar-refractivity contribution in [1.82, 2.24) is 0 Å². The minimum absolute atomic E-state index is 0.0552. The Morgan fingerprint density at radius 1 is 1.10 bits per heavy atom. The zero-order chi connectivity index (χ0) is 15.4. The number of hydrogen-bond acceptors (Lipinski definition) is 2. The van der Waals surface area contributed by atoms with Gasteiger partial charge in [0.2, 0.25) is 5.91 Å². The fourth-order valence-electron chi connectivity index (χ4n) is 2.73. The Kier molecular flexibility index (Phi) is 4.76. The zero-order valence-corrected chi connectivity index (χ0v) is 12.7. The van der Waals surface area contributed by atoms with Gasteiger partial charge in [-0.25, -0.2) is 0 Å². The molecule has 1 amide bonds. The molecular formula is C18H21NO2. The summed E-state index contributed by atoms with van der Waals surface area (Å²) in [5.74, 6) is -0.187. The molecule has 0 saturated carbocycles. The Morgan fingerprint density at radius 3 is 2.24 bits per heavy atom. The fraction of sp³-hybridized carbons (Fsp3) is 0.278. The van der Waals surface area contributed by atoms with Gasteiger partial charge in [-0.15, -0.1) is 0 Å². The van der Waals surface area contributed by atoms with Crippen LogP contribution in [0.1, 0.15) is 34.8 Å². The second-order valence-electron chi connectivity index (χ2n) is 5.45. The molecule has 3 heteroatoms. The van der Waals surface area contributed by atoms with Crippen LogP contribution in [0.25, 0.3) is 0 Å². The van der Waals surface area contributed by atoms with Crippen LogP contribution in [0, 0.1) is 20.8 Å². The summed E-state index contributed by atoms with van der Waals surface area (Å²) in [4.78, 5) is 12.0. The Balaban J connectivity index is 2.08. The quantitative estimate of drug-likeness (QED) is 0.899. The zero-order valence-electron chi connectivity index (χ0n) is 12.7. The van der Waals surface area contributed by atoms with Crippen LogP contribution < -0.4 is 5.32 Å². The van der Waals surface area contributed by atoms with Gasteiger partial charge in [0.15, 0.2) is 0 Å². The molecule has 2 aromatic carbocycles. The standard InChI is InChI=1S/C18H21NO2/c1-12-9-13(2)18(14(3)10-12)16(20)11-17(21)19-15-7-5-4-6-8-15/h4-10,16,20H,11H2,1-3H3,(H,19,21)/t16-/m0/s1. The number of hydrogen-bond donors (Lipinski definition) is 2. The first-order valence-electron chi connectivity index (χ1n) is 7.08. The molecule has 0 unspecified atom stereocenters. The van der Waals surface area contributed by atoms with Gasteiger partial charge in [0, 0.05) is 5.69 Å². The summed E-state index contributed by atoms with van der Waals surface area (Å²) >= 11 is 0. The molecule has 0 saturated heterocycles. The minimum atomic E-state index is -0.783. The van der Waals surface area contributed by atoms with Crippen LogP contribution in [0.15, 0.2) is 42.5 Å². The third-order valence-electron chi connectivity index (χ3n) is 3.51. The predicted octanol–water partition coefficient (Wildman–Crippen LogP) is 3.67. The van der Waals surface area contributed by atoms with E-state index >= 15 is 0 Å². The van der Waals surface area contributed by atoms with Crippen molar-refractivity contribution in [2.24, 2.45) is 0 Å². The smallest absolute Gasteiger partial charge is 0.227 e. The molecule has 2 N–H and O–H groups in total. The number of aliphatic hydroxyl groups is 1. The second-order valence-corrected chi connectivity index (χ2v) is 5.45. The van der Waals surface area contributed by atoms with E-state index in [1.54, 1.807) is 0 Å². The SMILES string of the molecule is Cc1cc(C)c([C@@H](O)CC(=O)Nc2ccccc2)c(C)c1. The number of benzene rings is 2. The van der Waals surface area contributed by atoms with Crippen molar-refractivity contribution >= 4 is 11.6 Å². The van der Waals surface area contributed by atoms with Crippen molar-refractivity contribution in [2.45, 2.75) is 33.3 Å². The number of anilines is 1. The minimum Gasteiger partial charge on any atom is -0.388 e. The van der Waals surface area contributed by atoms with Gasteiger partial charge in [0.25, 0.3) is 0 Å². The van der Waals surface area contributed by atoms with Gasteiger partial charge in [0.1, 0.15) is 0 Å². The third-order valence-corrected chi connectivity index (χ3v) is 3.51. The van der Waals surface area contributed by atoms with E-state index in [1.165, 1.54) is 0 Å². The summed E-state index contributed by atoms with van der Waals surface area (Å²) in [5.41, 5.74) is 4.80. The van der Waals surface area contributed by atoms with E-state index < -0.39 is 6.10 Å². The van der Waals surface area contributed by atoms with E-state index in [4.69, 9.17) is 0 Å². The van der Waals surface area contributed by atoms with Crippen molar-refractivity contribution < 1.29 is 9.90 Å². The fourth-order valence-corrected chi connectivity index (χ4v) is 2.73. The van der Waals surface area contributed by atoms with Crippen molar-refractivity contribution in [3.05, 3.63) is 64.7 Å². The summed E-state index contributed by atoms with van der Waals surface area (Å²) in [6, 6.07) is 13.3. The van der Waals surface area contributed by atoms with Crippen molar-refractivity contribution in [2.75, 3.05) is 5.32 Å². The van der Waals surface area contributed by atoms with Gasteiger partial charge in [0.05, 0.1) is 12.5 Å². The van der Waals surface area contributed by atoms with Crippen LogP contribution in [0.5, 0.6) is 0 Å².